The Hall–Kier alpha value is -2.04. The van der Waals surface area contributed by atoms with Crippen molar-refractivity contribution in [2.45, 2.75) is 0 Å². The molecule has 76 valence electrons. The van der Waals surface area contributed by atoms with Gasteiger partial charge in [0, 0.05) is 11.6 Å². The maximum atomic E-state index is 12.9. The third-order valence-electron chi connectivity index (χ3n) is 1.81. The molecule has 0 aliphatic rings. The number of benzene rings is 1. The Morgan fingerprint density at radius 1 is 1.00 bits per heavy atom. The van der Waals surface area contributed by atoms with Crippen molar-refractivity contribution < 1.29 is 8.78 Å². The SMILES string of the molecule is Nc1cncc(-c2cc(F)cc(F)c2)n1. The highest BCUT2D eigenvalue weighted by Gasteiger charge is 2.04. The van der Waals surface area contributed by atoms with Crippen molar-refractivity contribution >= 4 is 5.82 Å². The summed E-state index contributed by atoms with van der Waals surface area (Å²) in [7, 11) is 0. The number of anilines is 1. The minimum atomic E-state index is -0.658. The predicted molar refractivity (Wildman–Crippen MR) is 51.8 cm³/mol. The standard InChI is InChI=1S/C10H7F2N3/c11-7-1-6(2-8(12)3-7)9-4-14-5-10(13)15-9/h1-5H,(H2,13,15). The molecule has 0 aliphatic carbocycles. The van der Waals surface area contributed by atoms with Crippen molar-refractivity contribution in [3.63, 3.8) is 0 Å². The van der Waals surface area contributed by atoms with Gasteiger partial charge in [-0.1, -0.05) is 0 Å². The fourth-order valence-electron chi connectivity index (χ4n) is 1.22. The van der Waals surface area contributed by atoms with Crippen LogP contribution in [0.15, 0.2) is 30.6 Å². The smallest absolute Gasteiger partial charge is 0.142 e. The fraction of sp³-hybridized carbons (Fsp3) is 0. The van der Waals surface area contributed by atoms with Gasteiger partial charge >= 0.3 is 0 Å². The van der Waals surface area contributed by atoms with Crippen molar-refractivity contribution in [3.05, 3.63) is 42.2 Å². The summed E-state index contributed by atoms with van der Waals surface area (Å²) >= 11 is 0. The summed E-state index contributed by atoms with van der Waals surface area (Å²) in [5, 5.41) is 0. The van der Waals surface area contributed by atoms with Gasteiger partial charge in [-0.3, -0.25) is 4.98 Å². The number of nitrogens with zero attached hydrogens (tertiary/aromatic N) is 2. The largest absolute Gasteiger partial charge is 0.382 e. The third kappa shape index (κ3) is 2.07. The van der Waals surface area contributed by atoms with E-state index in [-0.39, 0.29) is 5.82 Å². The Morgan fingerprint density at radius 3 is 2.27 bits per heavy atom. The molecule has 15 heavy (non-hydrogen) atoms. The Bertz CT molecular complexity index is 480. The van der Waals surface area contributed by atoms with E-state index in [2.05, 4.69) is 9.97 Å². The van der Waals surface area contributed by atoms with Crippen LogP contribution in [0, 0.1) is 11.6 Å². The molecule has 2 N–H and O–H groups in total. The monoisotopic (exact) mass is 207 g/mol. The fourth-order valence-corrected chi connectivity index (χ4v) is 1.22. The summed E-state index contributed by atoms with van der Waals surface area (Å²) in [6, 6.07) is 3.14. The molecule has 1 heterocycles. The molecule has 0 bridgehead atoms. The van der Waals surface area contributed by atoms with Crippen LogP contribution in [-0.4, -0.2) is 9.97 Å². The Kier molecular flexibility index (Phi) is 2.29. The van der Waals surface area contributed by atoms with Crippen molar-refractivity contribution in [1.82, 2.24) is 9.97 Å². The van der Waals surface area contributed by atoms with Crippen LogP contribution in [-0.2, 0) is 0 Å². The van der Waals surface area contributed by atoms with Gasteiger partial charge in [0.25, 0.3) is 0 Å². The Balaban J connectivity index is 2.54. The Labute approximate surface area is 84.6 Å². The van der Waals surface area contributed by atoms with Gasteiger partial charge < -0.3 is 5.73 Å². The first-order valence-corrected chi connectivity index (χ1v) is 4.19. The van der Waals surface area contributed by atoms with E-state index in [9.17, 15) is 8.78 Å². The van der Waals surface area contributed by atoms with Gasteiger partial charge in [-0.25, -0.2) is 13.8 Å². The average molecular weight is 207 g/mol. The van der Waals surface area contributed by atoms with Gasteiger partial charge in [-0.05, 0) is 12.1 Å². The van der Waals surface area contributed by atoms with Crippen molar-refractivity contribution in [3.8, 4) is 11.3 Å². The zero-order valence-corrected chi connectivity index (χ0v) is 7.61. The molecule has 0 amide bonds. The predicted octanol–water partition coefficient (Wildman–Crippen LogP) is 2.00. The second kappa shape index (κ2) is 3.61. The normalized spacial score (nSPS) is 10.3. The second-order valence-electron chi connectivity index (χ2n) is 2.99. The quantitative estimate of drug-likeness (QED) is 0.778. The molecular weight excluding hydrogens is 200 g/mol. The number of hydrogen-bond donors (Lipinski definition) is 1. The van der Waals surface area contributed by atoms with Crippen molar-refractivity contribution in [2.24, 2.45) is 0 Å². The second-order valence-corrected chi connectivity index (χ2v) is 2.99. The summed E-state index contributed by atoms with van der Waals surface area (Å²) in [6.07, 6.45) is 2.75. The van der Waals surface area contributed by atoms with Gasteiger partial charge in [0.1, 0.15) is 17.5 Å². The maximum Gasteiger partial charge on any atom is 0.142 e. The summed E-state index contributed by atoms with van der Waals surface area (Å²) in [4.78, 5) is 7.70. The number of rotatable bonds is 1. The third-order valence-corrected chi connectivity index (χ3v) is 1.81. The maximum absolute atomic E-state index is 12.9. The van der Waals surface area contributed by atoms with Crippen LogP contribution in [0.1, 0.15) is 0 Å². The highest BCUT2D eigenvalue weighted by atomic mass is 19.1. The van der Waals surface area contributed by atoms with Gasteiger partial charge in [0.2, 0.25) is 0 Å². The van der Waals surface area contributed by atoms with Crippen LogP contribution in [0.25, 0.3) is 11.3 Å². The van der Waals surface area contributed by atoms with Crippen LogP contribution in [0.3, 0.4) is 0 Å². The molecule has 0 spiro atoms. The molecule has 0 saturated carbocycles. The van der Waals surface area contributed by atoms with Crippen LogP contribution < -0.4 is 5.73 Å². The zero-order valence-electron chi connectivity index (χ0n) is 7.61. The molecule has 0 fully saturated rings. The van der Waals surface area contributed by atoms with E-state index in [1.54, 1.807) is 0 Å². The van der Waals surface area contributed by atoms with Gasteiger partial charge in [-0.15, -0.1) is 0 Å². The minimum Gasteiger partial charge on any atom is -0.382 e. The van der Waals surface area contributed by atoms with Crippen LogP contribution in [0.2, 0.25) is 0 Å². The lowest BCUT2D eigenvalue weighted by Gasteiger charge is -2.01. The molecule has 3 nitrogen and oxygen atoms in total. The molecular formula is C10H7F2N3. The molecule has 0 saturated heterocycles. The van der Waals surface area contributed by atoms with Crippen molar-refractivity contribution in [1.29, 1.82) is 0 Å². The molecule has 0 unspecified atom stereocenters. The van der Waals surface area contributed by atoms with E-state index in [4.69, 9.17) is 5.73 Å². The summed E-state index contributed by atoms with van der Waals surface area (Å²) < 4.78 is 25.8. The number of nitrogen functional groups attached to an aromatic ring is 1. The zero-order chi connectivity index (χ0) is 10.8. The van der Waals surface area contributed by atoms with Gasteiger partial charge in [0.15, 0.2) is 0 Å². The van der Waals surface area contributed by atoms with E-state index in [1.165, 1.54) is 24.5 Å². The molecule has 5 heteroatoms. The Morgan fingerprint density at radius 2 is 1.67 bits per heavy atom. The lowest BCUT2D eigenvalue weighted by molar-refractivity contribution is 0.584. The van der Waals surface area contributed by atoms with Crippen LogP contribution in [0.4, 0.5) is 14.6 Å². The van der Waals surface area contributed by atoms with Crippen LogP contribution in [0.5, 0.6) is 0 Å². The number of nitrogens with two attached hydrogens (primary N) is 1. The molecule has 0 aliphatic heterocycles. The summed E-state index contributed by atoms with van der Waals surface area (Å²) in [6.45, 7) is 0. The first-order valence-electron chi connectivity index (χ1n) is 4.19. The highest BCUT2D eigenvalue weighted by molar-refractivity contribution is 5.59. The van der Waals surface area contributed by atoms with Gasteiger partial charge in [-0.2, -0.15) is 0 Å². The molecule has 2 rings (SSSR count). The molecule has 1 aromatic carbocycles. The van der Waals surface area contributed by atoms with Gasteiger partial charge in [0.05, 0.1) is 18.1 Å². The minimum absolute atomic E-state index is 0.206. The molecule has 0 atom stereocenters. The lowest BCUT2D eigenvalue weighted by atomic mass is 10.1. The van der Waals surface area contributed by atoms with E-state index in [0.29, 0.717) is 11.3 Å². The first-order chi connectivity index (χ1) is 7.15. The summed E-state index contributed by atoms with van der Waals surface area (Å²) in [5.74, 6) is -1.11. The molecule has 0 radical (unpaired) electrons. The first kappa shape index (κ1) is 9.51. The van der Waals surface area contributed by atoms with E-state index in [1.807, 2.05) is 0 Å². The molecule has 2 aromatic rings. The number of aromatic nitrogens is 2. The summed E-state index contributed by atoms with van der Waals surface area (Å²) in [5.41, 5.74) is 6.06. The highest BCUT2D eigenvalue weighted by Crippen LogP contribution is 2.19. The van der Waals surface area contributed by atoms with E-state index >= 15 is 0 Å². The lowest BCUT2D eigenvalue weighted by Crippen LogP contribution is -1.94. The average Bonchev–Trinajstić information content (AvgIpc) is 2.16. The number of hydrogen-bond acceptors (Lipinski definition) is 3. The number of halogens is 2. The van der Waals surface area contributed by atoms with Crippen LogP contribution >= 0.6 is 0 Å². The van der Waals surface area contributed by atoms with E-state index < -0.39 is 11.6 Å². The van der Waals surface area contributed by atoms with E-state index in [0.717, 1.165) is 6.07 Å². The van der Waals surface area contributed by atoms with Crippen molar-refractivity contribution in [2.75, 3.05) is 5.73 Å². The molecule has 1 aromatic heterocycles. The topological polar surface area (TPSA) is 51.8 Å².